The molecule has 1 saturated carbocycles. The number of amides is 1. The van der Waals surface area contributed by atoms with Gasteiger partial charge in [0.05, 0.1) is 24.4 Å². The molecular formula is C50H79N5O11. The molecule has 66 heavy (non-hydrogen) atoms. The Bertz CT molecular complexity index is 1810. The number of rotatable bonds is 7. The van der Waals surface area contributed by atoms with Crippen molar-refractivity contribution < 1.29 is 53.1 Å². The number of methoxy groups -OCH3 is 3. The van der Waals surface area contributed by atoms with E-state index in [9.17, 15) is 29.4 Å². The summed E-state index contributed by atoms with van der Waals surface area (Å²) in [5.74, 6) is -6.48. The smallest absolute Gasteiger partial charge is 0.329 e. The number of carbonyl (C=O) groups is 4. The fraction of sp³-hybridized carbons (Fsp3) is 0.760. The number of nitrogens with two attached hydrogens (primary N) is 1. The van der Waals surface area contributed by atoms with Crippen LogP contribution in [-0.2, 0) is 42.9 Å². The average molecular weight is 926 g/mol. The third-order valence-electron chi connectivity index (χ3n) is 14.5. The van der Waals surface area contributed by atoms with E-state index in [2.05, 4.69) is 10.0 Å². The number of azide groups is 1. The van der Waals surface area contributed by atoms with Crippen molar-refractivity contribution >= 4 is 23.4 Å². The molecule has 0 aromatic rings. The van der Waals surface area contributed by atoms with Gasteiger partial charge >= 0.3 is 5.97 Å². The second kappa shape index (κ2) is 26.1. The first-order valence-electron chi connectivity index (χ1n) is 24.1. The van der Waals surface area contributed by atoms with Crippen molar-refractivity contribution in [2.75, 3.05) is 27.9 Å². The highest BCUT2D eigenvalue weighted by atomic mass is 16.6. The lowest BCUT2D eigenvalue weighted by molar-refractivity contribution is -0.265. The summed E-state index contributed by atoms with van der Waals surface area (Å²) in [6.45, 7) is 11.3. The number of ketones is 2. The number of aliphatic hydroxyl groups excluding tert-OH is 1. The molecule has 1 amide bonds. The number of nitrogens with zero attached hydrogens (tertiary/aromatic N) is 4. The molecule has 2 saturated heterocycles. The van der Waals surface area contributed by atoms with Crippen molar-refractivity contribution in [1.29, 1.82) is 0 Å². The summed E-state index contributed by atoms with van der Waals surface area (Å²) >= 11 is 0. The zero-order valence-corrected chi connectivity index (χ0v) is 40.9. The quantitative estimate of drug-likeness (QED) is 0.0584. The number of hydrogen-bond acceptors (Lipinski definition) is 13. The molecule has 2 bridgehead atoms. The average Bonchev–Trinajstić information content (AvgIpc) is 3.30. The molecule has 0 spiro atoms. The topological polar surface area (TPSA) is 233 Å². The van der Waals surface area contributed by atoms with E-state index in [1.54, 1.807) is 28.1 Å². The van der Waals surface area contributed by atoms with Gasteiger partial charge in [0.2, 0.25) is 5.79 Å². The van der Waals surface area contributed by atoms with Crippen LogP contribution in [-0.4, -0.2) is 127 Å². The molecule has 15 atom stereocenters. The van der Waals surface area contributed by atoms with Gasteiger partial charge in [-0.3, -0.25) is 14.4 Å². The lowest BCUT2D eigenvalue weighted by Gasteiger charge is -2.42. The highest BCUT2D eigenvalue weighted by Gasteiger charge is 2.53. The van der Waals surface area contributed by atoms with Crippen LogP contribution in [0.5, 0.6) is 0 Å². The summed E-state index contributed by atoms with van der Waals surface area (Å²) in [5, 5.41) is 27.3. The van der Waals surface area contributed by atoms with Gasteiger partial charge < -0.3 is 44.5 Å². The van der Waals surface area contributed by atoms with Crippen LogP contribution in [0.4, 0.5) is 0 Å². The van der Waals surface area contributed by atoms with Gasteiger partial charge in [0.1, 0.15) is 24.4 Å². The largest absolute Gasteiger partial charge is 0.459 e. The number of allylic oxidation sites excluding steroid dienone is 6. The van der Waals surface area contributed by atoms with Crippen molar-refractivity contribution in [2.45, 2.75) is 186 Å². The molecule has 0 aromatic heterocycles. The van der Waals surface area contributed by atoms with Gasteiger partial charge in [-0.25, -0.2) is 4.79 Å². The van der Waals surface area contributed by atoms with Crippen LogP contribution in [0.25, 0.3) is 10.4 Å². The molecule has 1 aliphatic carbocycles. The summed E-state index contributed by atoms with van der Waals surface area (Å²) < 4.78 is 29.6. The maximum absolute atomic E-state index is 14.4. The van der Waals surface area contributed by atoms with Crippen LogP contribution < -0.4 is 5.73 Å². The number of fused-ring (bicyclic) bond motifs is 3. The Labute approximate surface area is 392 Å². The predicted molar refractivity (Wildman–Crippen MR) is 250 cm³/mol. The molecule has 370 valence electrons. The van der Waals surface area contributed by atoms with Gasteiger partial charge in [-0.2, -0.15) is 0 Å². The van der Waals surface area contributed by atoms with Gasteiger partial charge in [-0.05, 0) is 125 Å². The Kier molecular flexibility index (Phi) is 21.7. The summed E-state index contributed by atoms with van der Waals surface area (Å²) in [6.07, 6.45) is 13.8. The minimum Gasteiger partial charge on any atom is -0.459 e. The highest BCUT2D eigenvalue weighted by molar-refractivity contribution is 6.39. The summed E-state index contributed by atoms with van der Waals surface area (Å²) in [7, 11) is 4.60. The minimum atomic E-state index is -2.41. The molecule has 3 aliphatic heterocycles. The molecule has 1 unspecified atom stereocenters. The maximum Gasteiger partial charge on any atom is 0.329 e. The molecule has 3 fully saturated rings. The van der Waals surface area contributed by atoms with Gasteiger partial charge in [-0.15, -0.1) is 0 Å². The maximum atomic E-state index is 14.4. The minimum absolute atomic E-state index is 0.0512. The van der Waals surface area contributed by atoms with Crippen LogP contribution in [0.1, 0.15) is 125 Å². The van der Waals surface area contributed by atoms with E-state index >= 15 is 0 Å². The fourth-order valence-electron chi connectivity index (χ4n) is 10.3. The van der Waals surface area contributed by atoms with Gasteiger partial charge in [-0.1, -0.05) is 69.3 Å². The number of Topliss-reactive ketones (excluding diaryl/α,β-unsaturated/α-hetero) is 2. The predicted octanol–water partition coefficient (Wildman–Crippen LogP) is 7.01. The van der Waals surface area contributed by atoms with E-state index in [1.807, 2.05) is 64.2 Å². The third kappa shape index (κ3) is 14.6. The van der Waals surface area contributed by atoms with Crippen molar-refractivity contribution in [3.8, 4) is 0 Å². The number of cyclic esters (lactones) is 1. The number of piperidine rings is 1. The normalized spacial score (nSPS) is 38.5. The molecule has 4 rings (SSSR count). The zero-order chi connectivity index (χ0) is 48.7. The zero-order valence-electron chi connectivity index (χ0n) is 40.9. The molecule has 3 heterocycles. The Morgan fingerprint density at radius 1 is 0.894 bits per heavy atom. The molecule has 16 heteroatoms. The van der Waals surface area contributed by atoms with Crippen LogP contribution in [0.15, 0.2) is 52.7 Å². The van der Waals surface area contributed by atoms with E-state index in [4.69, 9.17) is 34.9 Å². The molecule has 4 N–H and O–H groups in total. The van der Waals surface area contributed by atoms with Gasteiger partial charge in [0, 0.05) is 57.1 Å². The van der Waals surface area contributed by atoms with E-state index < -0.39 is 77.9 Å². The third-order valence-corrected chi connectivity index (χ3v) is 14.5. The van der Waals surface area contributed by atoms with Crippen molar-refractivity contribution in [1.82, 2.24) is 4.90 Å². The number of ether oxygens (including phenoxy) is 5. The first-order chi connectivity index (χ1) is 31.4. The first-order valence-corrected chi connectivity index (χ1v) is 24.1. The Morgan fingerprint density at radius 2 is 1.64 bits per heavy atom. The monoisotopic (exact) mass is 926 g/mol. The van der Waals surface area contributed by atoms with Crippen LogP contribution in [0.2, 0.25) is 0 Å². The molecule has 0 radical (unpaired) electrons. The van der Waals surface area contributed by atoms with Crippen LogP contribution >= 0.6 is 0 Å². The highest BCUT2D eigenvalue weighted by Crippen LogP contribution is 2.37. The lowest BCUT2D eigenvalue weighted by atomic mass is 9.79. The number of carbonyl (C=O) groups excluding carboxylic acids is 4. The van der Waals surface area contributed by atoms with Gasteiger partial charge in [0.25, 0.3) is 11.7 Å². The molecule has 4 aliphatic rings. The van der Waals surface area contributed by atoms with Crippen LogP contribution in [0.3, 0.4) is 0 Å². The van der Waals surface area contributed by atoms with Crippen LogP contribution in [0, 0.1) is 29.6 Å². The van der Waals surface area contributed by atoms with E-state index in [0.717, 1.165) is 12.0 Å². The van der Waals surface area contributed by atoms with E-state index in [1.165, 1.54) is 12.0 Å². The fourth-order valence-corrected chi connectivity index (χ4v) is 10.3. The number of hydrogen-bond donors (Lipinski definition) is 3. The Balaban J connectivity index is 1.68. The molecule has 16 nitrogen and oxygen atoms in total. The second-order valence-corrected chi connectivity index (χ2v) is 19.6. The number of aliphatic hydroxyl groups is 2. The summed E-state index contributed by atoms with van der Waals surface area (Å²) in [5.41, 5.74) is 17.5. The standard InChI is InChI=1S/C50H79N5O11/c1-30-15-11-10-12-16-32(3)42(62-7)29-37-21-19-35(6)50(61,66-37)47(58)48(59)55-24-14-13-17-40(55)49(60)65-41(38(51)27-36-20-22-39(53-54-52)43(28-36)63-8)23-18-31(2)26-34(5)45(57)46(64-9)44(56)33(4)25-30/h10-12,15-16,26,30-31,33,35-43,45-46,57,61H,13-14,17-25,27-29,51H2,1-9H3/b12-10?,15-11+,32-16?,34-26+/t30-,31+,33-,35-,36+,37+,38-,39?,40+,41+,42+,43-,45-,46+,50-/m1/s1. The summed E-state index contributed by atoms with van der Waals surface area (Å²) in [4.78, 5) is 60.7. The van der Waals surface area contributed by atoms with Crippen molar-refractivity contribution in [2.24, 2.45) is 40.4 Å². The van der Waals surface area contributed by atoms with Crippen molar-refractivity contribution in [3.05, 3.63) is 58.0 Å². The Morgan fingerprint density at radius 3 is 2.32 bits per heavy atom. The number of esters is 1. The van der Waals surface area contributed by atoms with E-state index in [-0.39, 0.29) is 48.6 Å². The summed E-state index contributed by atoms with van der Waals surface area (Å²) in [6, 6.07) is -2.00. The molecule has 0 aromatic carbocycles. The lowest BCUT2D eigenvalue weighted by Crippen LogP contribution is -2.61. The second-order valence-electron chi connectivity index (χ2n) is 19.6. The molecular weight excluding hydrogens is 847 g/mol. The first kappa shape index (κ1) is 54.9. The van der Waals surface area contributed by atoms with Gasteiger partial charge in [0.15, 0.2) is 5.78 Å². The van der Waals surface area contributed by atoms with Crippen molar-refractivity contribution in [3.63, 3.8) is 0 Å². The Hall–Kier alpha value is -3.73. The SMILES string of the molecule is CO[C@H]1C[C@@H]2CC[C@@H](C)[C@@](O)(O2)C(=O)C(=O)N2CCCC[C@H]2C(=O)O[C@H]([C@H](N)C[C@@H]2CCC(N=[N+]=[N-])[C@H](OC)C2)CC[C@H](C)/C=C(\C)[C@@H](O)[C@@H](OC)C(=O)[C@H](C)C[C@H](C)/C=C/C=CC=C1C. The van der Waals surface area contributed by atoms with E-state index in [0.29, 0.717) is 76.2 Å².